The second kappa shape index (κ2) is 12.2. The Kier molecular flexibility index (Phi) is 4.63. The van der Waals surface area contributed by atoms with Gasteiger partial charge < -0.3 is 4.57 Å². The Hall–Kier alpha value is -6.65. The Labute approximate surface area is 301 Å². The van der Waals surface area contributed by atoms with Crippen molar-refractivity contribution in [3.63, 3.8) is 0 Å². The number of benzene rings is 7. The predicted molar refractivity (Wildman–Crippen MR) is 201 cm³/mol. The summed E-state index contributed by atoms with van der Waals surface area (Å²) in [4.78, 5) is 14.5. The van der Waals surface area contributed by atoms with Gasteiger partial charge in [0.2, 0.25) is 0 Å². The lowest BCUT2D eigenvalue weighted by Crippen LogP contribution is -2.00. The summed E-state index contributed by atoms with van der Waals surface area (Å²) in [7, 11) is 0. The van der Waals surface area contributed by atoms with Crippen LogP contribution in [0.15, 0.2) is 182 Å². The van der Waals surface area contributed by atoms with Crippen molar-refractivity contribution in [1.29, 1.82) is 0 Å². The highest BCUT2D eigenvalue weighted by Crippen LogP contribution is 2.35. The van der Waals surface area contributed by atoms with Crippen LogP contribution in [0.4, 0.5) is 0 Å². The van der Waals surface area contributed by atoms with Gasteiger partial charge in [-0.15, -0.1) is 0 Å². The molecule has 0 saturated carbocycles. The number of aromatic nitrogens is 4. The Morgan fingerprint density at radius 3 is 1.43 bits per heavy atom. The fraction of sp³-hybridized carbons (Fsp3) is 0. The molecule has 0 bridgehead atoms. The lowest BCUT2D eigenvalue weighted by molar-refractivity contribution is 1.07. The Bertz CT molecular complexity index is 3220. The standard InChI is InChI=1S/C45H30N4/c1-4-12-31(13-5-1)32-20-24-35(25-21-32)44-46-43(34-14-6-2-7-15-34)47-45(48-44)36-26-22-33(23-27-36)37-28-29-40-39-18-10-11-19-41(39)49(42(40)30-37)38-16-8-3-9-17-38/h1-30H/i3D,8D,9D,10D,11D,16D,17D,18D,19D,28D,29D,30D. The van der Waals surface area contributed by atoms with Gasteiger partial charge in [0.25, 0.3) is 0 Å². The third-order valence-corrected chi connectivity index (χ3v) is 8.22. The highest BCUT2D eigenvalue weighted by molar-refractivity contribution is 6.10. The quantitative estimate of drug-likeness (QED) is 0.182. The zero-order valence-corrected chi connectivity index (χ0v) is 25.7. The highest BCUT2D eigenvalue weighted by atomic mass is 15.0. The van der Waals surface area contributed by atoms with E-state index in [9.17, 15) is 4.11 Å². The zero-order chi connectivity index (χ0) is 43.0. The summed E-state index contributed by atoms with van der Waals surface area (Å²) >= 11 is 0. The molecule has 230 valence electrons. The molecule has 49 heavy (non-hydrogen) atoms. The van der Waals surface area contributed by atoms with Crippen molar-refractivity contribution in [1.82, 2.24) is 19.5 Å². The van der Waals surface area contributed by atoms with Gasteiger partial charge >= 0.3 is 0 Å². The van der Waals surface area contributed by atoms with E-state index in [0.29, 0.717) is 28.6 Å². The van der Waals surface area contributed by atoms with Crippen molar-refractivity contribution in [3.8, 4) is 62.1 Å². The van der Waals surface area contributed by atoms with Crippen LogP contribution in [0.25, 0.3) is 83.9 Å². The Morgan fingerprint density at radius 2 is 0.816 bits per heavy atom. The van der Waals surface area contributed by atoms with Gasteiger partial charge in [0, 0.05) is 33.2 Å². The van der Waals surface area contributed by atoms with E-state index in [-0.39, 0.29) is 27.4 Å². The Balaban J connectivity index is 1.24. The smallest absolute Gasteiger partial charge is 0.164 e. The van der Waals surface area contributed by atoms with E-state index in [1.807, 2.05) is 84.9 Å². The number of para-hydroxylation sites is 2. The van der Waals surface area contributed by atoms with E-state index >= 15 is 0 Å². The monoisotopic (exact) mass is 638 g/mol. The lowest BCUT2D eigenvalue weighted by Gasteiger charge is -2.10. The van der Waals surface area contributed by atoms with Crippen LogP contribution in [0.3, 0.4) is 0 Å². The molecule has 0 amide bonds. The van der Waals surface area contributed by atoms with E-state index in [4.69, 9.17) is 27.3 Å². The summed E-state index contributed by atoms with van der Waals surface area (Å²) < 4.78 is 106. The summed E-state index contributed by atoms with van der Waals surface area (Å²) in [5.74, 6) is 1.23. The van der Waals surface area contributed by atoms with Crippen LogP contribution in [0.2, 0.25) is 0 Å². The molecule has 9 rings (SSSR count). The van der Waals surface area contributed by atoms with Crippen LogP contribution in [0, 0.1) is 0 Å². The summed E-state index contributed by atoms with van der Waals surface area (Å²) in [5.41, 5.74) is 3.53. The maximum atomic E-state index is 9.58. The molecule has 0 aliphatic rings. The van der Waals surface area contributed by atoms with Crippen LogP contribution in [-0.2, 0) is 0 Å². The first-order valence-corrected chi connectivity index (χ1v) is 15.5. The van der Waals surface area contributed by atoms with Crippen LogP contribution in [0.1, 0.15) is 16.4 Å². The van der Waals surface area contributed by atoms with Gasteiger partial charge in [-0.25, -0.2) is 15.0 Å². The molecule has 0 atom stereocenters. The normalized spacial score (nSPS) is 14.7. The summed E-state index contributed by atoms with van der Waals surface area (Å²) in [6.45, 7) is 0. The molecular formula is C45H30N4. The van der Waals surface area contributed by atoms with Gasteiger partial charge in [0.05, 0.1) is 27.5 Å². The van der Waals surface area contributed by atoms with E-state index < -0.39 is 78.2 Å². The van der Waals surface area contributed by atoms with Gasteiger partial charge in [-0.1, -0.05) is 158 Å². The molecule has 0 aliphatic heterocycles. The first-order valence-electron chi connectivity index (χ1n) is 21.5. The highest BCUT2D eigenvalue weighted by Gasteiger charge is 2.15. The van der Waals surface area contributed by atoms with Crippen LogP contribution in [-0.4, -0.2) is 19.5 Å². The van der Waals surface area contributed by atoms with E-state index in [1.54, 1.807) is 24.3 Å². The molecule has 0 fully saturated rings. The molecule has 9 aromatic rings. The summed E-state index contributed by atoms with van der Waals surface area (Å²) in [6, 6.07) is 26.9. The second-order valence-electron chi connectivity index (χ2n) is 11.2. The SMILES string of the molecule is [2H]c1c([2H])c([2H])c(-n2c3c([2H])c([2H])c([2H])c([2H])c3c3c([2H])c([2H])c(-c4ccc(-c5nc(-c6ccccc6)nc(-c6ccc(-c7ccccc7)cc6)n5)cc4)c([2H])c32)c([2H])c1[2H]. The van der Waals surface area contributed by atoms with Crippen molar-refractivity contribution in [2.75, 3.05) is 0 Å². The summed E-state index contributed by atoms with van der Waals surface area (Å²) in [6.07, 6.45) is 0. The molecule has 0 saturated heterocycles. The van der Waals surface area contributed by atoms with Crippen molar-refractivity contribution in [3.05, 3.63) is 182 Å². The van der Waals surface area contributed by atoms with Crippen molar-refractivity contribution >= 4 is 21.8 Å². The molecule has 0 radical (unpaired) electrons. The van der Waals surface area contributed by atoms with Gasteiger partial charge in [0.1, 0.15) is 0 Å². The van der Waals surface area contributed by atoms with Gasteiger partial charge in [-0.3, -0.25) is 0 Å². The zero-order valence-electron chi connectivity index (χ0n) is 37.7. The molecule has 2 aromatic heterocycles. The molecule has 0 N–H and O–H groups in total. The first-order chi connectivity index (χ1) is 29.3. The van der Waals surface area contributed by atoms with Crippen molar-refractivity contribution in [2.45, 2.75) is 0 Å². The van der Waals surface area contributed by atoms with E-state index in [1.165, 1.54) is 0 Å². The molecular weight excluding hydrogens is 597 g/mol. The van der Waals surface area contributed by atoms with E-state index in [0.717, 1.165) is 26.8 Å². The minimum absolute atomic E-state index is 0.0458. The Morgan fingerprint density at radius 1 is 0.367 bits per heavy atom. The number of hydrogen-bond acceptors (Lipinski definition) is 3. The molecule has 7 aromatic carbocycles. The minimum atomic E-state index is -0.696. The third kappa shape index (κ3) is 5.35. The van der Waals surface area contributed by atoms with E-state index in [2.05, 4.69) is 0 Å². The molecule has 0 spiro atoms. The number of hydrogen-bond donors (Lipinski definition) is 0. The van der Waals surface area contributed by atoms with Crippen molar-refractivity contribution in [2.24, 2.45) is 0 Å². The van der Waals surface area contributed by atoms with Gasteiger partial charge in [-0.05, 0) is 46.4 Å². The second-order valence-corrected chi connectivity index (χ2v) is 11.2. The molecule has 4 heteroatoms. The first kappa shape index (κ1) is 18.6. The largest absolute Gasteiger partial charge is 0.309 e. The average Bonchev–Trinajstić information content (AvgIpc) is 3.65. The topological polar surface area (TPSA) is 43.6 Å². The number of fused-ring (bicyclic) bond motifs is 3. The van der Waals surface area contributed by atoms with Crippen LogP contribution >= 0.6 is 0 Å². The minimum Gasteiger partial charge on any atom is -0.309 e. The average molecular weight is 639 g/mol. The van der Waals surface area contributed by atoms with Gasteiger partial charge in [-0.2, -0.15) is 0 Å². The molecule has 4 nitrogen and oxygen atoms in total. The molecule has 0 aliphatic carbocycles. The fourth-order valence-corrected chi connectivity index (χ4v) is 5.81. The third-order valence-electron chi connectivity index (χ3n) is 8.22. The lowest BCUT2D eigenvalue weighted by atomic mass is 10.0. The maximum Gasteiger partial charge on any atom is 0.164 e. The number of rotatable bonds is 6. The molecule has 2 heterocycles. The van der Waals surface area contributed by atoms with Gasteiger partial charge in [0.15, 0.2) is 17.5 Å². The van der Waals surface area contributed by atoms with Crippen LogP contribution in [0.5, 0.6) is 0 Å². The van der Waals surface area contributed by atoms with Crippen molar-refractivity contribution < 1.29 is 16.4 Å². The fourth-order valence-electron chi connectivity index (χ4n) is 5.81. The van der Waals surface area contributed by atoms with Crippen LogP contribution < -0.4 is 0 Å². The summed E-state index contributed by atoms with van der Waals surface area (Å²) in [5, 5.41) is -0.400. The molecule has 0 unspecified atom stereocenters. The number of nitrogens with zero attached hydrogens (tertiary/aromatic N) is 4. The predicted octanol–water partition coefficient (Wildman–Crippen LogP) is 11.3. The maximum absolute atomic E-state index is 9.58.